The van der Waals surface area contributed by atoms with Gasteiger partial charge >= 0.3 is 0 Å². The van der Waals surface area contributed by atoms with Crippen LogP contribution >= 0.6 is 11.9 Å². The highest BCUT2D eigenvalue weighted by Gasteiger charge is 2.24. The van der Waals surface area contributed by atoms with Crippen LogP contribution in [0.4, 0.5) is 5.69 Å². The number of methoxy groups -OCH3 is 1. The molecule has 1 aliphatic heterocycles. The third-order valence-corrected chi connectivity index (χ3v) is 6.81. The topological polar surface area (TPSA) is 44.8 Å². The van der Waals surface area contributed by atoms with Gasteiger partial charge in [0.2, 0.25) is 0 Å². The maximum atomic E-state index is 13.3. The third-order valence-electron chi connectivity index (χ3n) is 5.99. The van der Waals surface area contributed by atoms with E-state index in [1.54, 1.807) is 7.11 Å². The molecule has 0 spiro atoms. The highest BCUT2D eigenvalue weighted by Crippen LogP contribution is 2.25. The summed E-state index contributed by atoms with van der Waals surface area (Å²) in [6.45, 7) is 12.9. The Hall–Kier alpha value is -2.86. The molecular weight excluding hydrogens is 430 g/mol. The zero-order chi connectivity index (χ0) is 23.8. The first-order chi connectivity index (χ1) is 16.0. The van der Waals surface area contributed by atoms with Gasteiger partial charge in [0.05, 0.1) is 12.8 Å². The average Bonchev–Trinajstić information content (AvgIpc) is 2.85. The van der Waals surface area contributed by atoms with Crippen molar-refractivity contribution in [3.8, 4) is 0 Å². The summed E-state index contributed by atoms with van der Waals surface area (Å²) in [5, 5.41) is 0. The Morgan fingerprint density at radius 2 is 1.79 bits per heavy atom. The van der Waals surface area contributed by atoms with Crippen molar-refractivity contribution in [1.82, 2.24) is 9.80 Å². The lowest BCUT2D eigenvalue weighted by atomic mass is 10.1. The van der Waals surface area contributed by atoms with Crippen molar-refractivity contribution < 1.29 is 9.53 Å². The monoisotopic (exact) mass is 465 g/mol. The van der Waals surface area contributed by atoms with Crippen LogP contribution in [-0.4, -0.2) is 49.0 Å². The Bertz CT molecular complexity index is 993. The van der Waals surface area contributed by atoms with Crippen molar-refractivity contribution in [2.24, 2.45) is 0 Å². The number of anilines is 1. The number of carbonyl (C=O) groups is 1. The fourth-order valence-electron chi connectivity index (χ4n) is 3.96. The van der Waals surface area contributed by atoms with E-state index in [9.17, 15) is 4.79 Å². The lowest BCUT2D eigenvalue weighted by molar-refractivity contribution is 0.0667. The first kappa shape index (κ1) is 24.8. The number of ether oxygens (including phenoxy) is 1. The first-order valence-corrected chi connectivity index (χ1v) is 12.3. The zero-order valence-corrected chi connectivity index (χ0v) is 21.0. The minimum Gasteiger partial charge on any atom is -0.499 e. The van der Waals surface area contributed by atoms with E-state index in [0.717, 1.165) is 59.1 Å². The molecule has 3 rings (SSSR count). The van der Waals surface area contributed by atoms with Crippen LogP contribution in [0.5, 0.6) is 0 Å². The van der Waals surface area contributed by atoms with Crippen LogP contribution in [0.1, 0.15) is 41.8 Å². The van der Waals surface area contributed by atoms with E-state index < -0.39 is 0 Å². The molecule has 1 heterocycles. The molecule has 2 aromatic rings. The Morgan fingerprint density at radius 3 is 2.39 bits per heavy atom. The van der Waals surface area contributed by atoms with Gasteiger partial charge in [-0.1, -0.05) is 38.1 Å². The van der Waals surface area contributed by atoms with Crippen molar-refractivity contribution in [2.45, 2.75) is 38.5 Å². The van der Waals surface area contributed by atoms with Crippen LogP contribution in [0.15, 0.2) is 71.5 Å². The molecule has 0 atom stereocenters. The fraction of sp³-hybridized carbons (Fsp3) is 0.370. The van der Waals surface area contributed by atoms with Gasteiger partial charge in [-0.2, -0.15) is 0 Å². The van der Waals surface area contributed by atoms with E-state index in [-0.39, 0.29) is 5.91 Å². The standard InChI is InChI=1S/C27H35N3O2S/c1-6-8-22-10-12-23(13-11-22)28-33-24-14-9-20(3)25(19-24)27(31)30-17-15-29(16-18-30)26(7-2)21(4)32-5/h7,9-14,19,28H,2,6,8,15-18H2,1,3-5H3/b26-21-. The number of nitrogens with zero attached hydrogens (tertiary/aromatic N) is 2. The number of allylic oxidation sites excluding steroid dienone is 2. The number of aryl methyl sites for hydroxylation is 2. The molecule has 1 amide bonds. The van der Waals surface area contributed by atoms with Crippen molar-refractivity contribution in [2.75, 3.05) is 38.0 Å². The van der Waals surface area contributed by atoms with Crippen LogP contribution in [0.3, 0.4) is 0 Å². The van der Waals surface area contributed by atoms with Gasteiger partial charge in [0.15, 0.2) is 0 Å². The molecule has 5 nitrogen and oxygen atoms in total. The summed E-state index contributed by atoms with van der Waals surface area (Å²) in [4.78, 5) is 18.5. The summed E-state index contributed by atoms with van der Waals surface area (Å²) in [6.07, 6.45) is 4.07. The van der Waals surface area contributed by atoms with Gasteiger partial charge in [-0.15, -0.1) is 0 Å². The predicted molar refractivity (Wildman–Crippen MR) is 138 cm³/mol. The number of nitrogens with one attached hydrogen (secondary N) is 1. The minimum atomic E-state index is 0.0890. The van der Waals surface area contributed by atoms with Crippen molar-refractivity contribution in [3.63, 3.8) is 0 Å². The second kappa shape index (κ2) is 11.8. The largest absolute Gasteiger partial charge is 0.499 e. The fourth-order valence-corrected chi connectivity index (χ4v) is 4.65. The van der Waals surface area contributed by atoms with Gasteiger partial charge < -0.3 is 19.3 Å². The van der Waals surface area contributed by atoms with Crippen LogP contribution in [0.2, 0.25) is 0 Å². The van der Waals surface area contributed by atoms with Gasteiger partial charge in [0.1, 0.15) is 5.76 Å². The highest BCUT2D eigenvalue weighted by molar-refractivity contribution is 8.00. The molecule has 0 radical (unpaired) electrons. The molecule has 1 aliphatic rings. The highest BCUT2D eigenvalue weighted by atomic mass is 32.2. The second-order valence-corrected chi connectivity index (χ2v) is 9.14. The molecule has 0 saturated carbocycles. The Labute approximate surface area is 202 Å². The number of benzene rings is 2. The van der Waals surface area contributed by atoms with Crippen molar-refractivity contribution >= 4 is 23.5 Å². The Kier molecular flexibility index (Phi) is 8.89. The summed E-state index contributed by atoms with van der Waals surface area (Å²) < 4.78 is 8.77. The van der Waals surface area contributed by atoms with E-state index in [2.05, 4.69) is 53.5 Å². The molecule has 1 N–H and O–H groups in total. The third kappa shape index (κ3) is 6.35. The van der Waals surface area contributed by atoms with Crippen LogP contribution < -0.4 is 4.72 Å². The zero-order valence-electron chi connectivity index (χ0n) is 20.2. The van der Waals surface area contributed by atoms with E-state index in [1.807, 2.05) is 37.0 Å². The molecular formula is C27H35N3O2S. The van der Waals surface area contributed by atoms with Crippen LogP contribution in [0.25, 0.3) is 0 Å². The molecule has 0 aliphatic carbocycles. The van der Waals surface area contributed by atoms with Gasteiger partial charge in [-0.25, -0.2) is 0 Å². The number of hydrogen-bond donors (Lipinski definition) is 1. The number of piperazine rings is 1. The summed E-state index contributed by atoms with van der Waals surface area (Å²) in [5.41, 5.74) is 5.16. The molecule has 33 heavy (non-hydrogen) atoms. The number of carbonyl (C=O) groups excluding carboxylic acids is 1. The van der Waals surface area contributed by atoms with Crippen molar-refractivity contribution in [1.29, 1.82) is 0 Å². The van der Waals surface area contributed by atoms with Crippen LogP contribution in [0, 0.1) is 6.92 Å². The molecule has 0 unspecified atom stereocenters. The number of hydrogen-bond acceptors (Lipinski definition) is 5. The van der Waals surface area contributed by atoms with E-state index in [4.69, 9.17) is 4.74 Å². The summed E-state index contributed by atoms with van der Waals surface area (Å²) in [6, 6.07) is 14.6. The Morgan fingerprint density at radius 1 is 1.12 bits per heavy atom. The lowest BCUT2D eigenvalue weighted by Gasteiger charge is -2.37. The smallest absolute Gasteiger partial charge is 0.254 e. The van der Waals surface area contributed by atoms with Gasteiger partial charge in [0.25, 0.3) is 5.91 Å². The van der Waals surface area contributed by atoms with E-state index in [0.29, 0.717) is 13.1 Å². The average molecular weight is 466 g/mol. The van der Waals surface area contributed by atoms with Crippen molar-refractivity contribution in [3.05, 3.63) is 83.3 Å². The molecule has 0 bridgehead atoms. The molecule has 2 aromatic carbocycles. The van der Waals surface area contributed by atoms with E-state index in [1.165, 1.54) is 17.5 Å². The molecule has 176 valence electrons. The lowest BCUT2D eigenvalue weighted by Crippen LogP contribution is -2.48. The van der Waals surface area contributed by atoms with E-state index >= 15 is 0 Å². The SMILES string of the molecule is C=C/C(=C(\C)OC)N1CCN(C(=O)c2cc(SNc3ccc(CCC)cc3)ccc2C)CC1. The quantitative estimate of drug-likeness (QED) is 0.284. The minimum absolute atomic E-state index is 0.0890. The summed E-state index contributed by atoms with van der Waals surface area (Å²) in [5.74, 6) is 0.934. The normalized spacial score (nSPS) is 14.5. The van der Waals surface area contributed by atoms with Crippen LogP contribution in [-0.2, 0) is 11.2 Å². The number of rotatable bonds is 9. The second-order valence-electron chi connectivity index (χ2n) is 8.26. The maximum Gasteiger partial charge on any atom is 0.254 e. The molecule has 0 aromatic heterocycles. The van der Waals surface area contributed by atoms with Gasteiger partial charge in [-0.3, -0.25) is 4.79 Å². The maximum absolute atomic E-state index is 13.3. The Balaban J connectivity index is 1.63. The summed E-state index contributed by atoms with van der Waals surface area (Å²) >= 11 is 1.53. The van der Waals surface area contributed by atoms with Gasteiger partial charge in [0, 0.05) is 42.3 Å². The molecule has 6 heteroatoms. The number of amides is 1. The first-order valence-electron chi connectivity index (χ1n) is 11.5. The van der Waals surface area contributed by atoms with Gasteiger partial charge in [-0.05, 0) is 73.7 Å². The summed E-state index contributed by atoms with van der Waals surface area (Å²) in [7, 11) is 1.67. The predicted octanol–water partition coefficient (Wildman–Crippen LogP) is 5.89. The molecule has 1 saturated heterocycles. The molecule has 1 fully saturated rings.